The molecule has 0 fully saturated rings. The van der Waals surface area contributed by atoms with E-state index in [9.17, 15) is 0 Å². The van der Waals surface area contributed by atoms with Crippen LogP contribution in [0.3, 0.4) is 0 Å². The molecule has 0 saturated heterocycles. The fourth-order valence-electron chi connectivity index (χ4n) is 0. The maximum atomic E-state index is 2.37. The van der Waals surface area contributed by atoms with Crippen LogP contribution >= 0.6 is 40.0 Å². The Morgan fingerprint density at radius 3 is 0.714 bits per heavy atom. The molecule has 0 N–H and O–H groups in total. The van der Waals surface area contributed by atoms with Gasteiger partial charge in [0.2, 0.25) is 0 Å². The van der Waals surface area contributed by atoms with Gasteiger partial charge in [0.25, 0.3) is 0 Å². The normalized spacial score (nSPS) is 2.00. The van der Waals surface area contributed by atoms with Crippen molar-refractivity contribution in [2.75, 3.05) is 0 Å². The zero-order valence-corrected chi connectivity index (χ0v) is 6.91. The molecule has 0 aromatic rings. The molecule has 0 nitrogen and oxygen atoms in total. The van der Waals surface area contributed by atoms with E-state index in [4.69, 9.17) is 0 Å². The molecule has 3 heteroatoms. The van der Waals surface area contributed by atoms with Crippen LogP contribution in [0.25, 0.3) is 0 Å². The van der Waals surface area contributed by atoms with E-state index >= 15 is 0 Å². The predicted molar refractivity (Wildman–Crippen MR) is 55.0 cm³/mol. The summed E-state index contributed by atoms with van der Waals surface area (Å²) in [7, 11) is 0.628. The standard InChI is InChI=1S/4CH4.2HI.V/h4*1H4;2*1H;/q;;;;;;+2/p-2. The Bertz CT molecular complexity index is 9.65. The molecular formula is C4H16I2V. The van der Waals surface area contributed by atoms with Crippen LogP contribution in [0.2, 0.25) is 0 Å². The molecule has 0 heterocycles. The molecule has 0 amide bonds. The molecule has 0 rings (SSSR count). The van der Waals surface area contributed by atoms with Crippen molar-refractivity contribution in [3.63, 3.8) is 0 Å². The summed E-state index contributed by atoms with van der Waals surface area (Å²) in [6, 6.07) is 0. The van der Waals surface area contributed by atoms with Gasteiger partial charge in [0.1, 0.15) is 0 Å². The van der Waals surface area contributed by atoms with Crippen LogP contribution in [-0.2, 0) is 9.47 Å². The Kier molecular flexibility index (Phi) is 220. The molecule has 0 unspecified atom stereocenters. The molecule has 0 aliphatic heterocycles. The summed E-state index contributed by atoms with van der Waals surface area (Å²) in [5, 5.41) is 0. The van der Waals surface area contributed by atoms with Gasteiger partial charge in [-0.05, 0) is 0 Å². The molecule has 0 spiro atoms. The van der Waals surface area contributed by atoms with E-state index in [0.29, 0.717) is 9.47 Å². The van der Waals surface area contributed by atoms with Crippen LogP contribution in [0.4, 0.5) is 0 Å². The molecule has 0 atom stereocenters. The summed E-state index contributed by atoms with van der Waals surface area (Å²) < 4.78 is 0. The Labute approximate surface area is 78.1 Å². The van der Waals surface area contributed by atoms with E-state index < -0.39 is 0 Å². The molecule has 0 aliphatic carbocycles. The van der Waals surface area contributed by atoms with Crippen molar-refractivity contribution in [3.05, 3.63) is 0 Å². The summed E-state index contributed by atoms with van der Waals surface area (Å²) in [6.45, 7) is 0. The average Bonchev–Trinajstić information content (AvgIpc) is 0.918. The van der Waals surface area contributed by atoms with Gasteiger partial charge in [0.15, 0.2) is 0 Å². The fourth-order valence-corrected chi connectivity index (χ4v) is 0. The van der Waals surface area contributed by atoms with Crippen molar-refractivity contribution in [2.24, 2.45) is 0 Å². The maximum absolute atomic E-state index is 2.37. The molecule has 0 aliphatic rings. The molecule has 0 aromatic heterocycles. The molecule has 0 radical (unpaired) electrons. The van der Waals surface area contributed by atoms with Gasteiger partial charge in [-0.2, -0.15) is 0 Å². The molecular weight excluding hydrogens is 353 g/mol. The second kappa shape index (κ2) is 43.1. The van der Waals surface area contributed by atoms with Gasteiger partial charge in [-0.15, -0.1) is 0 Å². The van der Waals surface area contributed by atoms with Crippen LogP contribution in [-0.4, -0.2) is 0 Å². The van der Waals surface area contributed by atoms with E-state index in [1.807, 2.05) is 0 Å². The van der Waals surface area contributed by atoms with Gasteiger partial charge in [-0.25, -0.2) is 0 Å². The van der Waals surface area contributed by atoms with Crippen LogP contribution in [0.5, 0.6) is 0 Å². The fraction of sp³-hybridized carbons (Fsp3) is 1.00. The Hall–Kier alpha value is 2.04. The third-order valence-corrected chi connectivity index (χ3v) is 0. The Balaban J connectivity index is -0.00000000333. The topological polar surface area (TPSA) is 0 Å². The van der Waals surface area contributed by atoms with E-state index in [1.54, 1.807) is 0 Å². The van der Waals surface area contributed by atoms with Crippen LogP contribution in [0.15, 0.2) is 0 Å². The minimum atomic E-state index is 0. The van der Waals surface area contributed by atoms with Crippen molar-refractivity contribution < 1.29 is 9.47 Å². The van der Waals surface area contributed by atoms with E-state index in [-0.39, 0.29) is 29.7 Å². The van der Waals surface area contributed by atoms with Crippen molar-refractivity contribution in [3.8, 4) is 0 Å². The summed E-state index contributed by atoms with van der Waals surface area (Å²) in [5.41, 5.74) is 0. The zero-order chi connectivity index (χ0) is 2.71. The molecule has 0 bridgehead atoms. The number of hydrogen-bond donors (Lipinski definition) is 0. The van der Waals surface area contributed by atoms with Crippen LogP contribution in [0.1, 0.15) is 29.7 Å². The monoisotopic (exact) mass is 369 g/mol. The van der Waals surface area contributed by atoms with Gasteiger partial charge in [0.05, 0.1) is 0 Å². The quantitative estimate of drug-likeness (QED) is 0.559. The summed E-state index contributed by atoms with van der Waals surface area (Å²) in [4.78, 5) is 0. The first kappa shape index (κ1) is 35.8. The first-order valence-corrected chi connectivity index (χ1v) is 9.35. The average molecular weight is 369 g/mol. The van der Waals surface area contributed by atoms with Crippen molar-refractivity contribution in [1.29, 1.82) is 0 Å². The second-order valence-electron chi connectivity index (χ2n) is 0.0639. The SMILES string of the molecule is C.C.C.C.[I][V][I]. The molecule has 0 aromatic carbocycles. The van der Waals surface area contributed by atoms with Gasteiger partial charge < -0.3 is 0 Å². The van der Waals surface area contributed by atoms with Gasteiger partial charge in [0, 0.05) is 0 Å². The van der Waals surface area contributed by atoms with Crippen molar-refractivity contribution in [1.82, 2.24) is 0 Å². The summed E-state index contributed by atoms with van der Waals surface area (Å²) in [5.74, 6) is 0. The summed E-state index contributed by atoms with van der Waals surface area (Å²) >= 11 is 4.74. The van der Waals surface area contributed by atoms with Crippen LogP contribution < -0.4 is 0 Å². The minimum absolute atomic E-state index is 0. The Morgan fingerprint density at radius 2 is 0.714 bits per heavy atom. The first-order chi connectivity index (χ1) is 1.41. The van der Waals surface area contributed by atoms with Crippen molar-refractivity contribution in [2.45, 2.75) is 29.7 Å². The zero-order valence-electron chi connectivity index (χ0n) is 1.20. The number of hydrogen-bond acceptors (Lipinski definition) is 0. The van der Waals surface area contributed by atoms with E-state index in [2.05, 4.69) is 40.0 Å². The summed E-state index contributed by atoms with van der Waals surface area (Å²) in [6.07, 6.45) is 0. The number of rotatable bonds is 0. The van der Waals surface area contributed by atoms with E-state index in [0.717, 1.165) is 0 Å². The third kappa shape index (κ3) is 70.3. The molecule has 51 valence electrons. The third-order valence-electron chi connectivity index (χ3n) is 0. The first-order valence-electron chi connectivity index (χ1n) is 0.338. The second-order valence-corrected chi connectivity index (χ2v) is 11.9. The van der Waals surface area contributed by atoms with Gasteiger partial charge >= 0.3 is 49.4 Å². The van der Waals surface area contributed by atoms with E-state index in [1.165, 1.54) is 0 Å². The predicted octanol–water partition coefficient (Wildman–Crippen LogP) is 4.31. The molecule has 0 saturated carbocycles. The van der Waals surface area contributed by atoms with Gasteiger partial charge in [-0.1, -0.05) is 29.7 Å². The van der Waals surface area contributed by atoms with Crippen LogP contribution in [0, 0.1) is 0 Å². The van der Waals surface area contributed by atoms with Gasteiger partial charge in [-0.3, -0.25) is 0 Å². The number of halogens is 2. The van der Waals surface area contributed by atoms with Crippen molar-refractivity contribution >= 4 is 40.0 Å². The molecule has 7 heavy (non-hydrogen) atoms. The Morgan fingerprint density at radius 1 is 0.714 bits per heavy atom.